The van der Waals surface area contributed by atoms with Crippen molar-refractivity contribution in [3.05, 3.63) is 0 Å². The van der Waals surface area contributed by atoms with E-state index in [2.05, 4.69) is 5.32 Å². The molecular weight excluding hydrogens is 268 g/mol. The summed E-state index contributed by atoms with van der Waals surface area (Å²) in [6.07, 6.45) is 0.805. The number of amides is 2. The summed E-state index contributed by atoms with van der Waals surface area (Å²) in [5.41, 5.74) is 0. The predicted molar refractivity (Wildman–Crippen MR) is 70.6 cm³/mol. The molecule has 0 unspecified atom stereocenters. The Labute approximate surface area is 117 Å². The highest BCUT2D eigenvalue weighted by Crippen LogP contribution is 2.03. The molecular formula is C12H22N2O6. The van der Waals surface area contributed by atoms with E-state index in [4.69, 9.17) is 14.9 Å². The van der Waals surface area contributed by atoms with Crippen LogP contribution in [0.5, 0.6) is 0 Å². The Bertz CT molecular complexity index is 334. The molecule has 8 heteroatoms. The maximum Gasteiger partial charge on any atom is 0.326 e. The first-order valence-corrected chi connectivity index (χ1v) is 6.33. The zero-order chi connectivity index (χ0) is 15.5. The molecule has 116 valence electrons. The standard InChI is InChI=1S/C12H22N2O6/c1-14(7-4-8-20-2)12(19)13-9(11(17)18)5-3-6-10(15)16/h9H,3-8H2,1-2H3,(H,13,19)(H,15,16)(H,17,18)/t9-/m1/s1. The number of hydrogen-bond donors (Lipinski definition) is 3. The van der Waals surface area contributed by atoms with E-state index in [9.17, 15) is 14.4 Å². The highest BCUT2D eigenvalue weighted by Gasteiger charge is 2.21. The van der Waals surface area contributed by atoms with Crippen LogP contribution in [0.3, 0.4) is 0 Å². The van der Waals surface area contributed by atoms with Gasteiger partial charge in [-0.05, 0) is 19.3 Å². The first-order valence-electron chi connectivity index (χ1n) is 6.33. The Balaban J connectivity index is 4.18. The number of carbonyl (C=O) groups is 3. The highest BCUT2D eigenvalue weighted by molar-refractivity contribution is 5.82. The van der Waals surface area contributed by atoms with E-state index >= 15 is 0 Å². The number of urea groups is 1. The van der Waals surface area contributed by atoms with Crippen LogP contribution >= 0.6 is 0 Å². The molecule has 0 aliphatic carbocycles. The smallest absolute Gasteiger partial charge is 0.326 e. The molecule has 20 heavy (non-hydrogen) atoms. The van der Waals surface area contributed by atoms with E-state index < -0.39 is 24.0 Å². The second-order valence-corrected chi connectivity index (χ2v) is 4.39. The molecule has 8 nitrogen and oxygen atoms in total. The van der Waals surface area contributed by atoms with Crippen LogP contribution in [0.4, 0.5) is 4.79 Å². The number of carbonyl (C=O) groups excluding carboxylic acids is 1. The Hall–Kier alpha value is -1.83. The van der Waals surface area contributed by atoms with Gasteiger partial charge in [0.1, 0.15) is 6.04 Å². The van der Waals surface area contributed by atoms with E-state index in [0.717, 1.165) is 0 Å². The van der Waals surface area contributed by atoms with Gasteiger partial charge >= 0.3 is 18.0 Å². The fourth-order valence-corrected chi connectivity index (χ4v) is 1.52. The van der Waals surface area contributed by atoms with Crippen molar-refractivity contribution in [2.45, 2.75) is 31.7 Å². The zero-order valence-corrected chi connectivity index (χ0v) is 11.8. The van der Waals surface area contributed by atoms with E-state index in [-0.39, 0.29) is 19.3 Å². The molecule has 0 spiro atoms. The minimum Gasteiger partial charge on any atom is -0.481 e. The number of hydrogen-bond acceptors (Lipinski definition) is 4. The summed E-state index contributed by atoms with van der Waals surface area (Å²) < 4.78 is 4.86. The van der Waals surface area contributed by atoms with Crippen molar-refractivity contribution in [3.63, 3.8) is 0 Å². The van der Waals surface area contributed by atoms with Crippen LogP contribution in [-0.4, -0.2) is 66.4 Å². The summed E-state index contributed by atoms with van der Waals surface area (Å²) in [5.74, 6) is -2.16. The summed E-state index contributed by atoms with van der Waals surface area (Å²) in [6.45, 7) is 0.958. The van der Waals surface area contributed by atoms with Crippen molar-refractivity contribution in [1.29, 1.82) is 0 Å². The highest BCUT2D eigenvalue weighted by atomic mass is 16.5. The topological polar surface area (TPSA) is 116 Å². The van der Waals surface area contributed by atoms with Crippen LogP contribution in [0.15, 0.2) is 0 Å². The largest absolute Gasteiger partial charge is 0.481 e. The van der Waals surface area contributed by atoms with Crippen LogP contribution in [0.1, 0.15) is 25.7 Å². The summed E-state index contributed by atoms with van der Waals surface area (Å²) in [5, 5.41) is 19.9. The van der Waals surface area contributed by atoms with Crippen molar-refractivity contribution < 1.29 is 29.3 Å². The second-order valence-electron chi connectivity index (χ2n) is 4.39. The van der Waals surface area contributed by atoms with E-state index in [1.165, 1.54) is 4.90 Å². The summed E-state index contributed by atoms with van der Waals surface area (Å²) in [7, 11) is 3.12. The van der Waals surface area contributed by atoms with E-state index in [0.29, 0.717) is 19.6 Å². The lowest BCUT2D eigenvalue weighted by Gasteiger charge is -2.21. The maximum absolute atomic E-state index is 11.7. The van der Waals surface area contributed by atoms with Crippen LogP contribution in [0.2, 0.25) is 0 Å². The third-order valence-corrected chi connectivity index (χ3v) is 2.67. The van der Waals surface area contributed by atoms with Gasteiger partial charge in [-0.25, -0.2) is 9.59 Å². The Morgan fingerprint density at radius 2 is 1.90 bits per heavy atom. The number of nitrogens with zero attached hydrogens (tertiary/aromatic N) is 1. The summed E-state index contributed by atoms with van der Waals surface area (Å²) >= 11 is 0. The van der Waals surface area contributed by atoms with Crippen molar-refractivity contribution in [2.75, 3.05) is 27.3 Å². The van der Waals surface area contributed by atoms with Gasteiger partial charge in [0.05, 0.1) is 0 Å². The lowest BCUT2D eigenvalue weighted by Crippen LogP contribution is -2.47. The fourth-order valence-electron chi connectivity index (χ4n) is 1.52. The molecule has 3 N–H and O–H groups in total. The Kier molecular flexibility index (Phi) is 9.10. The maximum atomic E-state index is 11.7. The van der Waals surface area contributed by atoms with Crippen molar-refractivity contribution >= 4 is 18.0 Å². The number of rotatable bonds is 10. The SMILES string of the molecule is COCCCN(C)C(=O)N[C@H](CCCC(=O)O)C(=O)O. The normalized spacial score (nSPS) is 11.7. The molecule has 0 aliphatic rings. The predicted octanol–water partition coefficient (Wildman–Crippen LogP) is 0.372. The van der Waals surface area contributed by atoms with Gasteiger partial charge in [-0.2, -0.15) is 0 Å². The molecule has 0 aromatic rings. The van der Waals surface area contributed by atoms with Gasteiger partial charge in [0.15, 0.2) is 0 Å². The number of nitrogens with one attached hydrogen (secondary N) is 1. The van der Waals surface area contributed by atoms with Crippen molar-refractivity contribution in [2.24, 2.45) is 0 Å². The van der Waals surface area contributed by atoms with Gasteiger partial charge in [-0.1, -0.05) is 0 Å². The summed E-state index contributed by atoms with van der Waals surface area (Å²) in [4.78, 5) is 34.5. The van der Waals surface area contributed by atoms with Gasteiger partial charge in [-0.3, -0.25) is 4.79 Å². The van der Waals surface area contributed by atoms with E-state index in [1.807, 2.05) is 0 Å². The number of carboxylic acids is 2. The average molecular weight is 290 g/mol. The molecule has 0 fully saturated rings. The fraction of sp³-hybridized carbons (Fsp3) is 0.750. The lowest BCUT2D eigenvalue weighted by molar-refractivity contribution is -0.140. The molecule has 1 atom stereocenters. The van der Waals surface area contributed by atoms with Gasteiger partial charge in [0.2, 0.25) is 0 Å². The molecule has 2 amide bonds. The van der Waals surface area contributed by atoms with Crippen LogP contribution in [0, 0.1) is 0 Å². The van der Waals surface area contributed by atoms with Crippen molar-refractivity contribution in [3.8, 4) is 0 Å². The molecule has 0 rings (SSSR count). The molecule has 0 bridgehead atoms. The monoisotopic (exact) mass is 290 g/mol. The molecule has 0 aromatic carbocycles. The van der Waals surface area contributed by atoms with Crippen molar-refractivity contribution in [1.82, 2.24) is 10.2 Å². The number of ether oxygens (including phenoxy) is 1. The quantitative estimate of drug-likeness (QED) is 0.501. The average Bonchev–Trinajstić information content (AvgIpc) is 2.36. The Morgan fingerprint density at radius 3 is 2.40 bits per heavy atom. The number of carboxylic acid groups (broad SMARTS) is 2. The molecule has 0 saturated heterocycles. The zero-order valence-electron chi connectivity index (χ0n) is 11.8. The molecule has 0 radical (unpaired) electrons. The van der Waals surface area contributed by atoms with E-state index in [1.54, 1.807) is 14.2 Å². The lowest BCUT2D eigenvalue weighted by atomic mass is 10.1. The molecule has 0 aliphatic heterocycles. The minimum atomic E-state index is -1.17. The number of methoxy groups -OCH3 is 1. The summed E-state index contributed by atoms with van der Waals surface area (Å²) in [6, 6.07) is -1.57. The van der Waals surface area contributed by atoms with Gasteiger partial charge in [0.25, 0.3) is 0 Å². The van der Waals surface area contributed by atoms with Crippen LogP contribution in [-0.2, 0) is 14.3 Å². The number of aliphatic carboxylic acids is 2. The first-order chi connectivity index (χ1) is 9.38. The third kappa shape index (κ3) is 8.30. The van der Waals surface area contributed by atoms with Gasteiger partial charge < -0.3 is 25.2 Å². The molecule has 0 aromatic heterocycles. The molecule has 0 saturated carbocycles. The Morgan fingerprint density at radius 1 is 1.25 bits per heavy atom. The van der Waals surface area contributed by atoms with Crippen LogP contribution < -0.4 is 5.32 Å². The third-order valence-electron chi connectivity index (χ3n) is 2.67. The molecule has 0 heterocycles. The minimum absolute atomic E-state index is 0.0826. The van der Waals surface area contributed by atoms with Gasteiger partial charge in [-0.15, -0.1) is 0 Å². The van der Waals surface area contributed by atoms with Gasteiger partial charge in [0, 0.05) is 33.7 Å². The second kappa shape index (κ2) is 10.0. The van der Waals surface area contributed by atoms with Crippen LogP contribution in [0.25, 0.3) is 0 Å². The first kappa shape index (κ1) is 18.2.